The van der Waals surface area contributed by atoms with Gasteiger partial charge in [-0.1, -0.05) is 0 Å². The molecule has 0 bridgehead atoms. The van der Waals surface area contributed by atoms with Gasteiger partial charge in [-0.25, -0.2) is 4.98 Å². The van der Waals surface area contributed by atoms with Crippen molar-refractivity contribution in [2.75, 3.05) is 23.7 Å². The van der Waals surface area contributed by atoms with Gasteiger partial charge in [-0.05, 0) is 37.5 Å². The Balaban J connectivity index is 1.73. The fourth-order valence-electron chi connectivity index (χ4n) is 1.89. The Morgan fingerprint density at radius 3 is 2.15 bits per heavy atom. The van der Waals surface area contributed by atoms with E-state index in [1.807, 2.05) is 0 Å². The molecule has 0 amide bonds. The third-order valence-corrected chi connectivity index (χ3v) is 3.53. The molecule has 0 saturated heterocycles. The number of nitrogens with one attached hydrogen (secondary N) is 2. The molecule has 0 radical (unpaired) electrons. The summed E-state index contributed by atoms with van der Waals surface area (Å²) in [4.78, 5) is 7.67. The summed E-state index contributed by atoms with van der Waals surface area (Å²) in [5.74, 6) is 1.43. The van der Waals surface area contributed by atoms with Crippen molar-refractivity contribution >= 4 is 11.8 Å². The van der Waals surface area contributed by atoms with Crippen molar-refractivity contribution in [3.63, 3.8) is 0 Å². The Hall–Kier alpha value is -1.53. The summed E-state index contributed by atoms with van der Waals surface area (Å²) < 4.78 is 38.5. The molecular weight excluding hydrogens is 269 g/mol. The number of halogens is 3. The molecule has 0 aliphatic heterocycles. The molecule has 110 valence electrons. The van der Waals surface area contributed by atoms with E-state index in [1.165, 1.54) is 0 Å². The molecule has 20 heavy (non-hydrogen) atoms. The molecule has 2 fully saturated rings. The molecule has 2 N–H and O–H groups in total. The van der Waals surface area contributed by atoms with E-state index < -0.39 is 11.9 Å². The SMILES string of the molecule is FC(F)(F)c1cc(NCC2CC2)nc(NCC2CC2)n1. The van der Waals surface area contributed by atoms with Crippen molar-refractivity contribution in [3.8, 4) is 0 Å². The molecule has 0 aromatic carbocycles. The Bertz CT molecular complexity index is 447. The quantitative estimate of drug-likeness (QED) is 0.843. The first-order chi connectivity index (χ1) is 9.50. The molecule has 2 aliphatic carbocycles. The molecule has 1 aromatic rings. The Morgan fingerprint density at radius 1 is 1.00 bits per heavy atom. The molecule has 1 aromatic heterocycles. The predicted molar refractivity (Wildman–Crippen MR) is 69.5 cm³/mol. The molecule has 3 rings (SSSR count). The van der Waals surface area contributed by atoms with E-state index in [0.717, 1.165) is 31.7 Å². The molecule has 0 atom stereocenters. The van der Waals surface area contributed by atoms with Crippen LogP contribution in [-0.4, -0.2) is 23.1 Å². The minimum Gasteiger partial charge on any atom is -0.370 e. The van der Waals surface area contributed by atoms with E-state index in [9.17, 15) is 13.2 Å². The van der Waals surface area contributed by atoms with Gasteiger partial charge in [0.15, 0.2) is 5.69 Å². The molecule has 7 heteroatoms. The second kappa shape index (κ2) is 5.10. The van der Waals surface area contributed by atoms with Gasteiger partial charge in [0.05, 0.1) is 0 Å². The van der Waals surface area contributed by atoms with Gasteiger partial charge in [-0.3, -0.25) is 0 Å². The van der Waals surface area contributed by atoms with Gasteiger partial charge >= 0.3 is 6.18 Å². The van der Waals surface area contributed by atoms with E-state index in [-0.39, 0.29) is 11.8 Å². The third kappa shape index (κ3) is 3.74. The summed E-state index contributed by atoms with van der Waals surface area (Å²) >= 11 is 0. The van der Waals surface area contributed by atoms with E-state index in [2.05, 4.69) is 20.6 Å². The molecule has 1 heterocycles. The maximum Gasteiger partial charge on any atom is 0.433 e. The summed E-state index contributed by atoms with van der Waals surface area (Å²) in [6, 6.07) is 0.977. The normalized spacial score (nSPS) is 18.9. The van der Waals surface area contributed by atoms with Crippen molar-refractivity contribution in [2.45, 2.75) is 31.9 Å². The van der Waals surface area contributed by atoms with Gasteiger partial charge in [-0.2, -0.15) is 18.2 Å². The lowest BCUT2D eigenvalue weighted by molar-refractivity contribution is -0.141. The van der Waals surface area contributed by atoms with Crippen LogP contribution in [0.5, 0.6) is 0 Å². The summed E-state index contributed by atoms with van der Waals surface area (Å²) in [5, 5.41) is 5.87. The number of rotatable bonds is 6. The van der Waals surface area contributed by atoms with Crippen LogP contribution in [0.3, 0.4) is 0 Å². The van der Waals surface area contributed by atoms with Crippen LogP contribution in [0.4, 0.5) is 24.9 Å². The Labute approximate surface area is 115 Å². The largest absolute Gasteiger partial charge is 0.433 e. The van der Waals surface area contributed by atoms with Crippen LogP contribution in [0.25, 0.3) is 0 Å². The van der Waals surface area contributed by atoms with Gasteiger partial charge in [0.2, 0.25) is 5.95 Å². The van der Waals surface area contributed by atoms with E-state index >= 15 is 0 Å². The van der Waals surface area contributed by atoms with E-state index in [4.69, 9.17) is 0 Å². The lowest BCUT2D eigenvalue weighted by atomic mass is 10.3. The highest BCUT2D eigenvalue weighted by Crippen LogP contribution is 2.32. The fourth-order valence-corrected chi connectivity index (χ4v) is 1.89. The second-order valence-electron chi connectivity index (χ2n) is 5.61. The number of hydrogen-bond acceptors (Lipinski definition) is 4. The van der Waals surface area contributed by atoms with Crippen LogP contribution < -0.4 is 10.6 Å². The monoisotopic (exact) mass is 286 g/mol. The highest BCUT2D eigenvalue weighted by Gasteiger charge is 2.34. The Morgan fingerprint density at radius 2 is 1.60 bits per heavy atom. The van der Waals surface area contributed by atoms with Gasteiger partial charge in [-0.15, -0.1) is 0 Å². The van der Waals surface area contributed by atoms with E-state index in [1.54, 1.807) is 0 Å². The zero-order chi connectivity index (χ0) is 14.2. The van der Waals surface area contributed by atoms with Crippen molar-refractivity contribution in [2.24, 2.45) is 11.8 Å². The van der Waals surface area contributed by atoms with Crippen molar-refractivity contribution in [1.29, 1.82) is 0 Å². The molecule has 4 nitrogen and oxygen atoms in total. The average molecular weight is 286 g/mol. The van der Waals surface area contributed by atoms with E-state index in [0.29, 0.717) is 24.9 Å². The summed E-state index contributed by atoms with van der Waals surface area (Å²) in [5.41, 5.74) is -0.899. The maximum atomic E-state index is 12.8. The molecule has 2 aliphatic rings. The zero-order valence-corrected chi connectivity index (χ0v) is 11.0. The van der Waals surface area contributed by atoms with Crippen LogP contribution in [0, 0.1) is 11.8 Å². The first-order valence-electron chi connectivity index (χ1n) is 6.95. The maximum absolute atomic E-state index is 12.8. The minimum atomic E-state index is -4.45. The van der Waals surface area contributed by atoms with Crippen molar-refractivity contribution < 1.29 is 13.2 Å². The first-order valence-corrected chi connectivity index (χ1v) is 6.95. The van der Waals surface area contributed by atoms with Crippen LogP contribution in [-0.2, 0) is 6.18 Å². The van der Waals surface area contributed by atoms with Gasteiger partial charge in [0.1, 0.15) is 5.82 Å². The molecular formula is C13H17F3N4. The fraction of sp³-hybridized carbons (Fsp3) is 0.692. The topological polar surface area (TPSA) is 49.8 Å². The van der Waals surface area contributed by atoms with Gasteiger partial charge < -0.3 is 10.6 Å². The number of aromatic nitrogens is 2. The first kappa shape index (κ1) is 13.5. The molecule has 2 saturated carbocycles. The number of nitrogens with zero attached hydrogens (tertiary/aromatic N) is 2. The van der Waals surface area contributed by atoms with Crippen molar-refractivity contribution in [1.82, 2.24) is 9.97 Å². The summed E-state index contributed by atoms with van der Waals surface area (Å²) in [6.07, 6.45) is 0.0699. The van der Waals surface area contributed by atoms with Crippen LogP contribution in [0.1, 0.15) is 31.4 Å². The van der Waals surface area contributed by atoms with Crippen LogP contribution >= 0.6 is 0 Å². The highest BCUT2D eigenvalue weighted by atomic mass is 19.4. The smallest absolute Gasteiger partial charge is 0.370 e. The number of hydrogen-bond donors (Lipinski definition) is 2. The van der Waals surface area contributed by atoms with Gasteiger partial charge in [0, 0.05) is 19.2 Å². The number of anilines is 2. The predicted octanol–water partition coefficient (Wildman–Crippen LogP) is 3.14. The molecule has 0 spiro atoms. The zero-order valence-electron chi connectivity index (χ0n) is 11.0. The lowest BCUT2D eigenvalue weighted by Gasteiger charge is -2.12. The second-order valence-corrected chi connectivity index (χ2v) is 5.61. The van der Waals surface area contributed by atoms with Crippen molar-refractivity contribution in [3.05, 3.63) is 11.8 Å². The minimum absolute atomic E-state index is 0.0602. The summed E-state index contributed by atoms with van der Waals surface area (Å²) in [6.45, 7) is 1.32. The van der Waals surface area contributed by atoms with Crippen LogP contribution in [0.2, 0.25) is 0 Å². The van der Waals surface area contributed by atoms with Crippen LogP contribution in [0.15, 0.2) is 6.07 Å². The lowest BCUT2D eigenvalue weighted by Crippen LogP contribution is -2.15. The van der Waals surface area contributed by atoms with Gasteiger partial charge in [0.25, 0.3) is 0 Å². The molecule has 0 unspecified atom stereocenters. The Kier molecular flexibility index (Phi) is 3.43. The standard InChI is InChI=1S/C13H17F3N4/c14-13(15,16)10-5-11(17-6-8-1-2-8)20-12(19-10)18-7-9-3-4-9/h5,8-9H,1-4,6-7H2,(H2,17,18,19,20). The average Bonchev–Trinajstić information content (AvgIpc) is 3.26. The number of alkyl halides is 3. The third-order valence-electron chi connectivity index (χ3n) is 3.53. The summed E-state index contributed by atoms with van der Waals surface area (Å²) in [7, 11) is 0. The highest BCUT2D eigenvalue weighted by molar-refractivity contribution is 5.43.